The van der Waals surface area contributed by atoms with Crippen molar-refractivity contribution in [2.24, 2.45) is 11.7 Å². The summed E-state index contributed by atoms with van der Waals surface area (Å²) in [5.74, 6) is -0.864. The lowest BCUT2D eigenvalue weighted by Crippen LogP contribution is -2.12. The van der Waals surface area contributed by atoms with Crippen molar-refractivity contribution in [1.82, 2.24) is 0 Å². The van der Waals surface area contributed by atoms with Gasteiger partial charge in [0.1, 0.15) is 0 Å². The molecule has 0 heterocycles. The van der Waals surface area contributed by atoms with Crippen molar-refractivity contribution in [3.8, 4) is 0 Å². The van der Waals surface area contributed by atoms with Crippen molar-refractivity contribution < 1.29 is 14.7 Å². The molecule has 0 bridgehead atoms. The molecule has 0 aromatic heterocycles. The van der Waals surface area contributed by atoms with Crippen LogP contribution in [-0.2, 0) is 4.79 Å². The van der Waals surface area contributed by atoms with Crippen molar-refractivity contribution in [1.29, 1.82) is 0 Å². The van der Waals surface area contributed by atoms with Crippen LogP contribution < -0.4 is 11.1 Å². The molecule has 20 heavy (non-hydrogen) atoms. The summed E-state index contributed by atoms with van der Waals surface area (Å²) in [6.07, 6.45) is 1.77. The van der Waals surface area contributed by atoms with Crippen molar-refractivity contribution in [3.63, 3.8) is 0 Å². The maximum Gasteiger partial charge on any atom is 0.303 e. The second kappa shape index (κ2) is 7.89. The minimum absolute atomic E-state index is 0.207. The molecule has 1 atom stereocenters. The number of amides is 1. The van der Waals surface area contributed by atoms with E-state index in [1.807, 2.05) is 6.92 Å². The van der Waals surface area contributed by atoms with Crippen LogP contribution in [0.5, 0.6) is 0 Å². The number of halogens is 1. The third kappa shape index (κ3) is 5.61. The molecule has 0 aliphatic carbocycles. The summed E-state index contributed by atoms with van der Waals surface area (Å²) in [6.45, 7) is 2.78. The Hall–Kier alpha value is -1.56. The molecule has 0 saturated heterocycles. The number of carbonyl (C=O) groups is 2. The Balaban J connectivity index is 2.42. The van der Waals surface area contributed by atoms with E-state index in [4.69, 9.17) is 10.8 Å². The van der Waals surface area contributed by atoms with E-state index >= 15 is 0 Å². The third-order valence-corrected chi connectivity index (χ3v) is 3.71. The number of carbonyl (C=O) groups excluding carboxylic acids is 1. The average molecular weight is 343 g/mol. The van der Waals surface area contributed by atoms with Crippen LogP contribution >= 0.6 is 15.9 Å². The zero-order valence-corrected chi connectivity index (χ0v) is 12.9. The van der Waals surface area contributed by atoms with Gasteiger partial charge in [-0.25, -0.2) is 0 Å². The Morgan fingerprint density at radius 1 is 1.40 bits per heavy atom. The minimum atomic E-state index is -0.755. The van der Waals surface area contributed by atoms with Gasteiger partial charge in [-0.1, -0.05) is 6.92 Å². The summed E-state index contributed by atoms with van der Waals surface area (Å²) in [5.41, 5.74) is 6.55. The Kier molecular flexibility index (Phi) is 6.51. The number of benzene rings is 1. The number of nitrogens with two attached hydrogens (primary N) is 1. The molecular formula is C14H19BrN2O3. The minimum Gasteiger partial charge on any atom is -0.481 e. The maximum atomic E-state index is 11.0. The molecule has 5 nitrogen and oxygen atoms in total. The van der Waals surface area contributed by atoms with Crippen molar-refractivity contribution in [2.45, 2.75) is 26.2 Å². The molecule has 0 saturated carbocycles. The van der Waals surface area contributed by atoms with Crippen LogP contribution in [0.15, 0.2) is 22.7 Å². The number of hydrogen-bond donors (Lipinski definition) is 3. The van der Waals surface area contributed by atoms with Crippen LogP contribution in [0.4, 0.5) is 5.69 Å². The monoisotopic (exact) mass is 342 g/mol. The SMILES string of the molecule is CC(CCNc1ccc(C(N)=O)cc1Br)CCC(=O)O. The molecule has 1 aromatic carbocycles. The lowest BCUT2D eigenvalue weighted by molar-refractivity contribution is -0.137. The summed E-state index contributed by atoms with van der Waals surface area (Å²) in [5, 5.41) is 11.9. The fourth-order valence-electron chi connectivity index (χ4n) is 1.78. The number of carboxylic acid groups (broad SMARTS) is 1. The molecule has 1 rings (SSSR count). The van der Waals surface area contributed by atoms with Crippen molar-refractivity contribution >= 4 is 33.5 Å². The average Bonchev–Trinajstić information content (AvgIpc) is 2.38. The van der Waals surface area contributed by atoms with Gasteiger partial charge in [0.2, 0.25) is 5.91 Å². The van der Waals surface area contributed by atoms with E-state index in [1.165, 1.54) is 0 Å². The molecular weight excluding hydrogens is 324 g/mol. The third-order valence-electron chi connectivity index (χ3n) is 3.06. The van der Waals surface area contributed by atoms with Gasteiger partial charge in [0.05, 0.1) is 0 Å². The second-order valence-electron chi connectivity index (χ2n) is 4.81. The zero-order valence-electron chi connectivity index (χ0n) is 11.4. The molecule has 0 fully saturated rings. The number of aliphatic carboxylic acids is 1. The normalized spacial score (nSPS) is 11.9. The lowest BCUT2D eigenvalue weighted by Gasteiger charge is -2.13. The molecule has 0 spiro atoms. The highest BCUT2D eigenvalue weighted by atomic mass is 79.9. The van der Waals surface area contributed by atoms with E-state index in [0.717, 1.165) is 23.1 Å². The first kappa shape index (κ1) is 16.5. The van der Waals surface area contributed by atoms with Gasteiger partial charge >= 0.3 is 5.97 Å². The van der Waals surface area contributed by atoms with E-state index in [9.17, 15) is 9.59 Å². The summed E-state index contributed by atoms with van der Waals surface area (Å²) < 4.78 is 0.784. The van der Waals surface area contributed by atoms with Gasteiger partial charge in [-0.2, -0.15) is 0 Å². The standard InChI is InChI=1S/C14H19BrN2O3/c1-9(2-5-13(18)19)6-7-17-12-4-3-10(14(16)20)8-11(12)15/h3-4,8-9,17H,2,5-7H2,1H3,(H2,16,20)(H,18,19). The van der Waals surface area contributed by atoms with Crippen LogP contribution in [0.3, 0.4) is 0 Å². The first-order valence-electron chi connectivity index (χ1n) is 6.45. The quantitative estimate of drug-likeness (QED) is 0.677. The highest BCUT2D eigenvalue weighted by Gasteiger charge is 2.07. The predicted molar refractivity (Wildman–Crippen MR) is 81.8 cm³/mol. The van der Waals surface area contributed by atoms with Gasteiger partial charge in [-0.05, 0) is 52.9 Å². The predicted octanol–water partition coefficient (Wildman–Crippen LogP) is 2.85. The number of primary amides is 1. The first-order valence-corrected chi connectivity index (χ1v) is 7.24. The number of hydrogen-bond acceptors (Lipinski definition) is 3. The van der Waals surface area contributed by atoms with Gasteiger partial charge < -0.3 is 16.2 Å². The second-order valence-corrected chi connectivity index (χ2v) is 5.67. The Morgan fingerprint density at radius 2 is 2.10 bits per heavy atom. The number of carboxylic acids is 1. The molecule has 1 amide bonds. The summed E-state index contributed by atoms with van der Waals surface area (Å²) >= 11 is 3.38. The van der Waals surface area contributed by atoms with Crippen molar-refractivity contribution in [3.05, 3.63) is 28.2 Å². The van der Waals surface area contributed by atoms with Gasteiger partial charge in [0.25, 0.3) is 0 Å². The van der Waals surface area contributed by atoms with E-state index in [0.29, 0.717) is 17.9 Å². The van der Waals surface area contributed by atoms with E-state index < -0.39 is 11.9 Å². The Bertz CT molecular complexity index is 491. The largest absolute Gasteiger partial charge is 0.481 e. The zero-order chi connectivity index (χ0) is 15.1. The molecule has 1 aromatic rings. The summed E-state index contributed by atoms with van der Waals surface area (Å²) in [4.78, 5) is 21.5. The number of anilines is 1. The molecule has 110 valence electrons. The first-order chi connectivity index (χ1) is 9.40. The molecule has 1 unspecified atom stereocenters. The van der Waals surface area contributed by atoms with Crippen LogP contribution in [0.25, 0.3) is 0 Å². The van der Waals surface area contributed by atoms with Crippen LogP contribution in [0.1, 0.15) is 36.5 Å². The fraction of sp³-hybridized carbons (Fsp3) is 0.429. The van der Waals surface area contributed by atoms with Crippen LogP contribution in [0, 0.1) is 5.92 Å². The van der Waals surface area contributed by atoms with E-state index in [-0.39, 0.29) is 6.42 Å². The van der Waals surface area contributed by atoms with Gasteiger partial charge in [0.15, 0.2) is 0 Å². The van der Waals surface area contributed by atoms with Crippen molar-refractivity contribution in [2.75, 3.05) is 11.9 Å². The number of rotatable bonds is 8. The highest BCUT2D eigenvalue weighted by molar-refractivity contribution is 9.10. The Morgan fingerprint density at radius 3 is 2.65 bits per heavy atom. The lowest BCUT2D eigenvalue weighted by atomic mass is 10.0. The highest BCUT2D eigenvalue weighted by Crippen LogP contribution is 2.24. The summed E-state index contributed by atoms with van der Waals surface area (Å²) in [7, 11) is 0. The fourth-order valence-corrected chi connectivity index (χ4v) is 2.30. The molecule has 4 N–H and O–H groups in total. The topological polar surface area (TPSA) is 92.4 Å². The molecule has 0 aliphatic heterocycles. The summed E-state index contributed by atoms with van der Waals surface area (Å²) in [6, 6.07) is 5.15. The van der Waals surface area contributed by atoms with Crippen LogP contribution in [-0.4, -0.2) is 23.5 Å². The molecule has 6 heteroatoms. The number of nitrogens with one attached hydrogen (secondary N) is 1. The Labute approximate surface area is 126 Å². The van der Waals surface area contributed by atoms with Gasteiger partial charge in [0, 0.05) is 28.7 Å². The maximum absolute atomic E-state index is 11.0. The molecule has 0 aliphatic rings. The van der Waals surface area contributed by atoms with Gasteiger partial charge in [-0.15, -0.1) is 0 Å². The van der Waals surface area contributed by atoms with E-state index in [1.54, 1.807) is 18.2 Å². The van der Waals surface area contributed by atoms with Gasteiger partial charge in [-0.3, -0.25) is 9.59 Å². The smallest absolute Gasteiger partial charge is 0.303 e. The molecule has 0 radical (unpaired) electrons. The van der Waals surface area contributed by atoms with E-state index in [2.05, 4.69) is 21.2 Å². The van der Waals surface area contributed by atoms with Crippen LogP contribution in [0.2, 0.25) is 0 Å².